The first kappa shape index (κ1) is 39.7. The van der Waals surface area contributed by atoms with Crippen LogP contribution in [-0.2, 0) is 37.5 Å². The molecule has 181 valence electrons. The molecule has 0 amide bonds. The van der Waals surface area contributed by atoms with Gasteiger partial charge in [-0.3, -0.25) is 0 Å². The van der Waals surface area contributed by atoms with Crippen LogP contribution < -0.4 is 0 Å². The van der Waals surface area contributed by atoms with E-state index in [0.29, 0.717) is 0 Å². The maximum atomic E-state index is 8.71. The largest absolute Gasteiger partial charge is 0.368 e. The van der Waals surface area contributed by atoms with Gasteiger partial charge >= 0.3 is 0 Å². The van der Waals surface area contributed by atoms with E-state index < -0.39 is 25.2 Å². The second kappa shape index (κ2) is 26.3. The maximum Gasteiger partial charge on any atom is 0.156 e. The maximum absolute atomic E-state index is 8.71. The third-order valence-corrected chi connectivity index (χ3v) is 3.25. The van der Waals surface area contributed by atoms with Crippen molar-refractivity contribution in [1.82, 2.24) is 0 Å². The van der Waals surface area contributed by atoms with Crippen LogP contribution in [0.4, 0.5) is 0 Å². The number of ether oxygens (including phenoxy) is 4. The van der Waals surface area contributed by atoms with Gasteiger partial charge in [0.15, 0.2) is 25.2 Å². The van der Waals surface area contributed by atoms with Crippen LogP contribution in [0.3, 0.4) is 0 Å². The molecule has 4 atom stereocenters. The van der Waals surface area contributed by atoms with Gasteiger partial charge in [0.25, 0.3) is 0 Å². The Morgan fingerprint density at radius 3 is 0.483 bits per heavy atom. The zero-order chi connectivity index (χ0) is 23.4. The molecule has 29 heavy (non-hydrogen) atoms. The molecular weight excluding hydrogens is 419 g/mol. The molecule has 0 aliphatic rings. The molecule has 4 N–H and O–H groups in total. The molecule has 0 rings (SSSR count). The average molecular weight is 468 g/mol. The van der Waals surface area contributed by atoms with Crippen molar-refractivity contribution in [2.75, 3.05) is 28.4 Å². The van der Waals surface area contributed by atoms with E-state index in [1.54, 1.807) is 0 Å². The zero-order valence-corrected chi connectivity index (χ0v) is 21.9. The van der Waals surface area contributed by atoms with E-state index in [1.807, 2.05) is 55.4 Å². The number of rotatable bonds is 8. The second-order valence-corrected chi connectivity index (χ2v) is 7.48. The van der Waals surface area contributed by atoms with Gasteiger partial charge in [0.05, 0.1) is 0 Å². The molecule has 9 heteroatoms. The predicted octanol–water partition coefficient (Wildman–Crippen LogP) is 2.43. The topological polar surface area (TPSA) is 118 Å². The smallest absolute Gasteiger partial charge is 0.156 e. The summed E-state index contributed by atoms with van der Waals surface area (Å²) in [6.45, 7) is 15.2. The fourth-order valence-corrected chi connectivity index (χ4v) is 1.09. The van der Waals surface area contributed by atoms with Gasteiger partial charge in [-0.15, -0.1) is 0 Å². The molecule has 0 spiro atoms. The van der Waals surface area contributed by atoms with Crippen LogP contribution in [0.5, 0.6) is 0 Å². The minimum Gasteiger partial charge on any atom is -0.368 e. The second-order valence-electron chi connectivity index (χ2n) is 7.48. The van der Waals surface area contributed by atoms with Crippen LogP contribution in [0.15, 0.2) is 0 Å². The molecule has 0 saturated heterocycles. The van der Waals surface area contributed by atoms with Crippen molar-refractivity contribution in [1.29, 1.82) is 0 Å². The molecule has 0 aromatic heterocycles. The van der Waals surface area contributed by atoms with E-state index in [2.05, 4.69) is 18.9 Å². The molecule has 0 aliphatic heterocycles. The van der Waals surface area contributed by atoms with Crippen LogP contribution in [0.1, 0.15) is 55.4 Å². The summed E-state index contributed by atoms with van der Waals surface area (Å²) in [5.74, 6) is 0.796. The van der Waals surface area contributed by atoms with Gasteiger partial charge in [-0.2, -0.15) is 0 Å². The van der Waals surface area contributed by atoms with E-state index in [0.717, 1.165) is 0 Å². The molecule has 4 unspecified atom stereocenters. The predicted molar refractivity (Wildman–Crippen MR) is 111 cm³/mol. The van der Waals surface area contributed by atoms with Crippen molar-refractivity contribution in [3.8, 4) is 0 Å². The minimum absolute atomic E-state index is 0. The Hall–Kier alpha value is 0.264. The van der Waals surface area contributed by atoms with Crippen LogP contribution in [0.2, 0.25) is 0 Å². The number of aliphatic hydroxyl groups excluding tert-OH is 4. The molecule has 0 aromatic rings. The first-order valence-corrected chi connectivity index (χ1v) is 9.56. The fraction of sp³-hybridized carbons (Fsp3) is 1.00. The third-order valence-electron chi connectivity index (χ3n) is 3.25. The molecule has 0 fully saturated rings. The van der Waals surface area contributed by atoms with Gasteiger partial charge in [0.2, 0.25) is 0 Å². The Morgan fingerprint density at radius 2 is 0.483 bits per heavy atom. The van der Waals surface area contributed by atoms with E-state index in [1.165, 1.54) is 28.4 Å². The van der Waals surface area contributed by atoms with Crippen molar-refractivity contribution >= 4 is 0 Å². The standard InChI is InChI=1S/4C5H12O2.V/c4*1-4(2)5(6)7-3;/h4*4-6H,1-3H3;. The van der Waals surface area contributed by atoms with Crippen LogP contribution in [0, 0.1) is 23.7 Å². The van der Waals surface area contributed by atoms with Gasteiger partial charge < -0.3 is 39.4 Å². The van der Waals surface area contributed by atoms with Crippen molar-refractivity contribution in [2.24, 2.45) is 23.7 Å². The van der Waals surface area contributed by atoms with Gasteiger partial charge in [-0.05, 0) is 0 Å². The summed E-state index contributed by atoms with van der Waals surface area (Å²) in [5.41, 5.74) is 0. The van der Waals surface area contributed by atoms with E-state index in [4.69, 9.17) is 20.4 Å². The first-order chi connectivity index (χ1) is 12.7. The minimum atomic E-state index is -0.597. The summed E-state index contributed by atoms with van der Waals surface area (Å²) in [4.78, 5) is 0. The summed E-state index contributed by atoms with van der Waals surface area (Å²) < 4.78 is 18.3. The number of hydrogen-bond donors (Lipinski definition) is 4. The van der Waals surface area contributed by atoms with E-state index in [-0.39, 0.29) is 42.2 Å². The molecular formula is C20H48O8V. The van der Waals surface area contributed by atoms with Gasteiger partial charge in [-0.25, -0.2) is 0 Å². The van der Waals surface area contributed by atoms with Gasteiger partial charge in [0.1, 0.15) is 0 Å². The molecule has 0 bridgehead atoms. The van der Waals surface area contributed by atoms with Crippen molar-refractivity contribution in [3.05, 3.63) is 0 Å². The Kier molecular flexibility index (Phi) is 36.0. The zero-order valence-electron chi connectivity index (χ0n) is 20.5. The normalized spacial score (nSPS) is 14.5. The van der Waals surface area contributed by atoms with Gasteiger partial charge in [0, 0.05) is 70.7 Å². The Balaban J connectivity index is -0.0000000873. The number of methoxy groups -OCH3 is 4. The monoisotopic (exact) mass is 467 g/mol. The van der Waals surface area contributed by atoms with Crippen LogP contribution in [0.25, 0.3) is 0 Å². The fourth-order valence-electron chi connectivity index (χ4n) is 1.09. The Morgan fingerprint density at radius 1 is 0.379 bits per heavy atom. The molecule has 0 saturated carbocycles. The SMILES string of the molecule is COC(O)C(C)C.COC(O)C(C)C.COC(O)C(C)C.COC(O)C(C)C.[V]. The number of hydrogen-bond acceptors (Lipinski definition) is 8. The van der Waals surface area contributed by atoms with Crippen LogP contribution >= 0.6 is 0 Å². The summed E-state index contributed by atoms with van der Waals surface area (Å²) in [5, 5.41) is 34.9. The van der Waals surface area contributed by atoms with Gasteiger partial charge in [-0.1, -0.05) is 55.4 Å². The third kappa shape index (κ3) is 33.1. The quantitative estimate of drug-likeness (QED) is 0.402. The number of aliphatic hydroxyl groups is 4. The summed E-state index contributed by atoms with van der Waals surface area (Å²) in [7, 11) is 5.96. The summed E-state index contributed by atoms with van der Waals surface area (Å²) in [6, 6.07) is 0. The van der Waals surface area contributed by atoms with Crippen molar-refractivity contribution in [2.45, 2.75) is 80.6 Å². The summed E-state index contributed by atoms with van der Waals surface area (Å²) in [6.07, 6.45) is -2.39. The molecule has 0 heterocycles. The van der Waals surface area contributed by atoms with Crippen molar-refractivity contribution in [3.63, 3.8) is 0 Å². The molecule has 1 radical (unpaired) electrons. The molecule has 0 aliphatic carbocycles. The van der Waals surface area contributed by atoms with E-state index in [9.17, 15) is 0 Å². The average Bonchev–Trinajstić information content (AvgIpc) is 2.66. The molecule has 8 nitrogen and oxygen atoms in total. The first-order valence-electron chi connectivity index (χ1n) is 9.56. The molecule has 0 aromatic carbocycles. The van der Waals surface area contributed by atoms with E-state index >= 15 is 0 Å². The summed E-state index contributed by atoms with van der Waals surface area (Å²) >= 11 is 0. The Labute approximate surface area is 190 Å². The Bertz CT molecular complexity index is 236. The van der Waals surface area contributed by atoms with Crippen LogP contribution in [-0.4, -0.2) is 74.0 Å². The van der Waals surface area contributed by atoms with Crippen molar-refractivity contribution < 1.29 is 57.9 Å².